The summed E-state index contributed by atoms with van der Waals surface area (Å²) in [5, 5.41) is 5.14. The van der Waals surface area contributed by atoms with Gasteiger partial charge in [0.1, 0.15) is 0 Å². The number of hydrogen-bond acceptors (Lipinski definition) is 2. The lowest BCUT2D eigenvalue weighted by atomic mass is 9.97. The molecule has 0 atom stereocenters. The molecule has 1 aromatic heterocycles. The first-order chi connectivity index (χ1) is 8.27. The lowest BCUT2D eigenvalue weighted by molar-refractivity contribution is -0.125. The van der Waals surface area contributed by atoms with Crippen LogP contribution in [0, 0.1) is 5.92 Å². The molecule has 0 aromatic carbocycles. The first-order valence-corrected chi connectivity index (χ1v) is 7.46. The minimum atomic E-state index is 0.216. The maximum absolute atomic E-state index is 11.9. The first kappa shape index (κ1) is 14.2. The molecule has 1 heterocycles. The molecule has 0 aliphatic heterocycles. The van der Waals surface area contributed by atoms with Gasteiger partial charge in [-0.05, 0) is 30.7 Å². The summed E-state index contributed by atoms with van der Waals surface area (Å²) in [6, 6.07) is 4.17. The molecule has 1 amide bonds. The van der Waals surface area contributed by atoms with E-state index in [1.165, 1.54) is 4.88 Å². The molecule has 0 bridgehead atoms. The number of nitrogens with one attached hydrogen (secondary N) is 1. The Balaban J connectivity index is 2.26. The molecule has 0 aliphatic rings. The summed E-state index contributed by atoms with van der Waals surface area (Å²) < 4.78 is 0. The Morgan fingerprint density at radius 2 is 2.06 bits per heavy atom. The molecule has 2 nitrogen and oxygen atoms in total. The van der Waals surface area contributed by atoms with Crippen molar-refractivity contribution in [1.29, 1.82) is 0 Å². The molecule has 0 aliphatic carbocycles. The smallest absolute Gasteiger partial charge is 0.223 e. The molecule has 0 saturated carbocycles. The molecule has 1 N–H and O–H groups in total. The van der Waals surface area contributed by atoms with E-state index < -0.39 is 0 Å². The Morgan fingerprint density at radius 1 is 1.35 bits per heavy atom. The van der Waals surface area contributed by atoms with Gasteiger partial charge in [-0.15, -0.1) is 11.3 Å². The van der Waals surface area contributed by atoms with Gasteiger partial charge in [-0.2, -0.15) is 0 Å². The van der Waals surface area contributed by atoms with Crippen LogP contribution in [0.1, 0.15) is 44.4 Å². The quantitative estimate of drug-likeness (QED) is 0.753. The van der Waals surface area contributed by atoms with E-state index >= 15 is 0 Å². The lowest BCUT2D eigenvalue weighted by Gasteiger charge is -2.14. The van der Waals surface area contributed by atoms with E-state index in [0.29, 0.717) is 0 Å². The normalized spacial score (nSPS) is 10.8. The van der Waals surface area contributed by atoms with Crippen LogP contribution in [0.2, 0.25) is 0 Å². The van der Waals surface area contributed by atoms with E-state index in [4.69, 9.17) is 0 Å². The van der Waals surface area contributed by atoms with E-state index in [-0.39, 0.29) is 11.8 Å². The number of amides is 1. The van der Waals surface area contributed by atoms with Gasteiger partial charge < -0.3 is 5.32 Å². The number of hydrogen-bond donors (Lipinski definition) is 1. The van der Waals surface area contributed by atoms with E-state index in [1.807, 2.05) is 0 Å². The molecular formula is C14H23NOS. The van der Waals surface area contributed by atoms with Crippen molar-refractivity contribution in [2.45, 2.75) is 46.0 Å². The summed E-state index contributed by atoms with van der Waals surface area (Å²) in [5.41, 5.74) is 0. The van der Waals surface area contributed by atoms with Crippen LogP contribution in [-0.2, 0) is 11.2 Å². The van der Waals surface area contributed by atoms with Crippen molar-refractivity contribution in [1.82, 2.24) is 5.32 Å². The Labute approximate surface area is 108 Å². The van der Waals surface area contributed by atoms with Crippen molar-refractivity contribution in [2.24, 2.45) is 5.92 Å². The minimum Gasteiger partial charge on any atom is -0.356 e. The molecular weight excluding hydrogens is 230 g/mol. The maximum Gasteiger partial charge on any atom is 0.223 e. The predicted molar refractivity (Wildman–Crippen MR) is 74.3 cm³/mol. The zero-order valence-electron chi connectivity index (χ0n) is 10.9. The van der Waals surface area contributed by atoms with Crippen LogP contribution in [0.4, 0.5) is 0 Å². The van der Waals surface area contributed by atoms with Gasteiger partial charge in [0.15, 0.2) is 0 Å². The Kier molecular flexibility index (Phi) is 6.94. The lowest BCUT2D eigenvalue weighted by Crippen LogP contribution is -2.32. The molecule has 96 valence electrons. The molecule has 1 aromatic rings. The summed E-state index contributed by atoms with van der Waals surface area (Å²) >= 11 is 1.75. The minimum absolute atomic E-state index is 0.216. The van der Waals surface area contributed by atoms with E-state index in [9.17, 15) is 4.79 Å². The Morgan fingerprint density at radius 3 is 2.59 bits per heavy atom. The van der Waals surface area contributed by atoms with Crippen LogP contribution in [-0.4, -0.2) is 12.5 Å². The Hall–Kier alpha value is -0.830. The second-order valence-electron chi connectivity index (χ2n) is 4.39. The van der Waals surface area contributed by atoms with E-state index in [1.54, 1.807) is 11.3 Å². The molecule has 0 spiro atoms. The molecule has 0 saturated heterocycles. The highest BCUT2D eigenvalue weighted by Gasteiger charge is 2.15. The third-order valence-corrected chi connectivity index (χ3v) is 3.83. The standard InChI is InChI=1S/C14H23NOS/c1-3-6-12(7-4-2)14(16)15-10-9-13-8-5-11-17-13/h5,8,11-12H,3-4,6-7,9-10H2,1-2H3,(H,15,16). The highest BCUT2D eigenvalue weighted by atomic mass is 32.1. The summed E-state index contributed by atoms with van der Waals surface area (Å²) in [4.78, 5) is 13.3. The molecule has 0 fully saturated rings. The predicted octanol–water partition coefficient (Wildman–Crippen LogP) is 3.62. The molecule has 0 radical (unpaired) electrons. The van der Waals surface area contributed by atoms with Crippen LogP contribution in [0.15, 0.2) is 17.5 Å². The highest BCUT2D eigenvalue weighted by Crippen LogP contribution is 2.13. The van der Waals surface area contributed by atoms with Gasteiger partial charge in [-0.25, -0.2) is 0 Å². The fraction of sp³-hybridized carbons (Fsp3) is 0.643. The van der Waals surface area contributed by atoms with Crippen molar-refractivity contribution in [3.63, 3.8) is 0 Å². The second kappa shape index (κ2) is 8.29. The number of rotatable bonds is 8. The fourth-order valence-electron chi connectivity index (χ4n) is 2.01. The fourth-order valence-corrected chi connectivity index (χ4v) is 2.72. The summed E-state index contributed by atoms with van der Waals surface area (Å²) in [6.45, 7) is 5.05. The third-order valence-electron chi connectivity index (χ3n) is 2.90. The van der Waals surface area contributed by atoms with Gasteiger partial charge in [0.25, 0.3) is 0 Å². The molecule has 17 heavy (non-hydrogen) atoms. The van der Waals surface area contributed by atoms with Gasteiger partial charge in [-0.1, -0.05) is 32.8 Å². The first-order valence-electron chi connectivity index (χ1n) is 6.58. The molecule has 3 heteroatoms. The van der Waals surface area contributed by atoms with Crippen molar-refractivity contribution < 1.29 is 4.79 Å². The average Bonchev–Trinajstić information content (AvgIpc) is 2.81. The van der Waals surface area contributed by atoms with Gasteiger partial charge in [0.05, 0.1) is 0 Å². The number of carbonyl (C=O) groups is 1. The topological polar surface area (TPSA) is 29.1 Å². The van der Waals surface area contributed by atoms with Gasteiger partial charge >= 0.3 is 0 Å². The van der Waals surface area contributed by atoms with Crippen molar-refractivity contribution in [2.75, 3.05) is 6.54 Å². The van der Waals surface area contributed by atoms with Crippen molar-refractivity contribution >= 4 is 17.2 Å². The largest absolute Gasteiger partial charge is 0.356 e. The Bertz CT molecular complexity index is 302. The van der Waals surface area contributed by atoms with Crippen molar-refractivity contribution in [3.8, 4) is 0 Å². The molecule has 1 rings (SSSR count). The third kappa shape index (κ3) is 5.35. The summed E-state index contributed by atoms with van der Waals surface area (Å²) in [5.74, 6) is 0.457. The van der Waals surface area contributed by atoms with Gasteiger partial charge in [0, 0.05) is 17.3 Å². The van der Waals surface area contributed by atoms with Crippen LogP contribution >= 0.6 is 11.3 Å². The van der Waals surface area contributed by atoms with E-state index in [0.717, 1.165) is 38.6 Å². The monoisotopic (exact) mass is 253 g/mol. The maximum atomic E-state index is 11.9. The second-order valence-corrected chi connectivity index (χ2v) is 5.43. The van der Waals surface area contributed by atoms with Gasteiger partial charge in [0.2, 0.25) is 5.91 Å². The van der Waals surface area contributed by atoms with Crippen molar-refractivity contribution in [3.05, 3.63) is 22.4 Å². The van der Waals surface area contributed by atoms with Crippen LogP contribution in [0.5, 0.6) is 0 Å². The number of thiophene rings is 1. The van der Waals surface area contributed by atoms with Crippen LogP contribution < -0.4 is 5.32 Å². The zero-order valence-corrected chi connectivity index (χ0v) is 11.7. The summed E-state index contributed by atoms with van der Waals surface area (Å²) in [7, 11) is 0. The van der Waals surface area contributed by atoms with Crippen LogP contribution in [0.25, 0.3) is 0 Å². The highest BCUT2D eigenvalue weighted by molar-refractivity contribution is 7.09. The summed E-state index contributed by atoms with van der Waals surface area (Å²) in [6.07, 6.45) is 5.15. The van der Waals surface area contributed by atoms with Gasteiger partial charge in [-0.3, -0.25) is 4.79 Å². The zero-order chi connectivity index (χ0) is 12.5. The van der Waals surface area contributed by atoms with E-state index in [2.05, 4.69) is 36.7 Å². The van der Waals surface area contributed by atoms with Crippen LogP contribution in [0.3, 0.4) is 0 Å². The molecule has 0 unspecified atom stereocenters. The SMILES string of the molecule is CCCC(CCC)C(=O)NCCc1cccs1. The average molecular weight is 253 g/mol. The number of carbonyl (C=O) groups excluding carboxylic acids is 1.